The maximum atomic E-state index is 11.5. The number of carbonyl (C=O) groups is 1. The number of nitro benzene ring substituents is 1. The molecule has 0 bridgehead atoms. The van der Waals surface area contributed by atoms with Gasteiger partial charge in [-0.1, -0.05) is 18.5 Å². The molecule has 0 aliphatic rings. The van der Waals surface area contributed by atoms with Gasteiger partial charge in [0, 0.05) is 11.1 Å². The number of benzene rings is 1. The second kappa shape index (κ2) is 6.93. The van der Waals surface area contributed by atoms with E-state index in [2.05, 4.69) is 10.6 Å². The largest absolute Gasteiger partial charge is 0.319 e. The van der Waals surface area contributed by atoms with E-state index in [-0.39, 0.29) is 23.8 Å². The molecule has 1 aromatic carbocycles. The lowest BCUT2D eigenvalue weighted by molar-refractivity contribution is -0.383. The number of hydrogen-bond donors (Lipinski definition) is 2. The Kier molecular flexibility index (Phi) is 5.54. The third kappa shape index (κ3) is 4.31. The molecule has 1 rings (SSSR count). The Bertz CT molecular complexity index is 451. The molecular weight excluding hydrogens is 258 g/mol. The van der Waals surface area contributed by atoms with Gasteiger partial charge in [0.25, 0.3) is 5.69 Å². The standard InChI is InChI=1S/C11H14ClN3O3/c1-2-5-13-7-11(16)14-9-6-8(12)3-4-10(9)15(17)18/h3-4,6,13H,2,5,7H2,1H3,(H,14,16). The van der Waals surface area contributed by atoms with Crippen LogP contribution in [0.4, 0.5) is 11.4 Å². The van der Waals surface area contributed by atoms with Gasteiger partial charge in [-0.25, -0.2) is 0 Å². The van der Waals surface area contributed by atoms with Gasteiger partial charge in [0.15, 0.2) is 0 Å². The highest BCUT2D eigenvalue weighted by atomic mass is 35.5. The maximum Gasteiger partial charge on any atom is 0.292 e. The van der Waals surface area contributed by atoms with E-state index in [0.717, 1.165) is 6.42 Å². The lowest BCUT2D eigenvalue weighted by Gasteiger charge is -2.07. The van der Waals surface area contributed by atoms with E-state index < -0.39 is 4.92 Å². The molecule has 98 valence electrons. The zero-order valence-corrected chi connectivity index (χ0v) is 10.7. The summed E-state index contributed by atoms with van der Waals surface area (Å²) in [5.41, 5.74) is -0.0703. The molecule has 0 saturated heterocycles. The van der Waals surface area contributed by atoms with Crippen molar-refractivity contribution in [2.24, 2.45) is 0 Å². The van der Waals surface area contributed by atoms with Crippen LogP contribution in [0.15, 0.2) is 18.2 Å². The fourth-order valence-electron chi connectivity index (χ4n) is 1.34. The van der Waals surface area contributed by atoms with Gasteiger partial charge in [-0.2, -0.15) is 0 Å². The molecule has 0 unspecified atom stereocenters. The molecule has 6 nitrogen and oxygen atoms in total. The topological polar surface area (TPSA) is 84.3 Å². The van der Waals surface area contributed by atoms with Crippen LogP contribution in [0.1, 0.15) is 13.3 Å². The third-order valence-corrected chi connectivity index (χ3v) is 2.38. The highest BCUT2D eigenvalue weighted by Gasteiger charge is 2.15. The fourth-order valence-corrected chi connectivity index (χ4v) is 1.51. The minimum Gasteiger partial charge on any atom is -0.319 e. The van der Waals surface area contributed by atoms with Crippen molar-refractivity contribution in [3.05, 3.63) is 33.3 Å². The highest BCUT2D eigenvalue weighted by Crippen LogP contribution is 2.27. The molecule has 0 spiro atoms. The molecule has 2 N–H and O–H groups in total. The lowest BCUT2D eigenvalue weighted by atomic mass is 10.2. The molecule has 0 aromatic heterocycles. The first kappa shape index (κ1) is 14.4. The summed E-state index contributed by atoms with van der Waals surface area (Å²) in [5, 5.41) is 16.5. The summed E-state index contributed by atoms with van der Waals surface area (Å²) < 4.78 is 0. The average molecular weight is 272 g/mol. The lowest BCUT2D eigenvalue weighted by Crippen LogP contribution is -2.28. The molecule has 0 heterocycles. The molecule has 0 aliphatic heterocycles. The van der Waals surface area contributed by atoms with E-state index in [9.17, 15) is 14.9 Å². The maximum absolute atomic E-state index is 11.5. The molecule has 0 fully saturated rings. The van der Waals surface area contributed by atoms with E-state index in [1.165, 1.54) is 18.2 Å². The van der Waals surface area contributed by atoms with Crippen molar-refractivity contribution < 1.29 is 9.72 Å². The van der Waals surface area contributed by atoms with E-state index in [1.807, 2.05) is 6.92 Å². The van der Waals surface area contributed by atoms with Gasteiger partial charge < -0.3 is 10.6 Å². The predicted molar refractivity (Wildman–Crippen MR) is 69.9 cm³/mol. The smallest absolute Gasteiger partial charge is 0.292 e. The number of rotatable bonds is 6. The van der Waals surface area contributed by atoms with Crippen LogP contribution >= 0.6 is 11.6 Å². The Morgan fingerprint density at radius 2 is 2.22 bits per heavy atom. The van der Waals surface area contributed by atoms with Crippen LogP contribution in [-0.2, 0) is 4.79 Å². The van der Waals surface area contributed by atoms with Gasteiger partial charge in [-0.15, -0.1) is 0 Å². The molecule has 1 aromatic rings. The van der Waals surface area contributed by atoms with E-state index in [1.54, 1.807) is 0 Å². The zero-order chi connectivity index (χ0) is 13.5. The Hall–Kier alpha value is -1.66. The first-order valence-electron chi connectivity index (χ1n) is 5.49. The molecule has 0 saturated carbocycles. The summed E-state index contributed by atoms with van der Waals surface area (Å²) in [7, 11) is 0. The molecule has 0 atom stereocenters. The van der Waals surface area contributed by atoms with Crippen molar-refractivity contribution in [2.75, 3.05) is 18.4 Å². The molecule has 1 amide bonds. The summed E-state index contributed by atoms with van der Waals surface area (Å²) in [6.45, 7) is 2.80. The number of amides is 1. The van der Waals surface area contributed by atoms with Crippen LogP contribution in [0.2, 0.25) is 5.02 Å². The van der Waals surface area contributed by atoms with Gasteiger partial charge in [-0.05, 0) is 25.1 Å². The molecule has 7 heteroatoms. The molecule has 0 radical (unpaired) electrons. The summed E-state index contributed by atoms with van der Waals surface area (Å²) in [6.07, 6.45) is 0.907. The van der Waals surface area contributed by atoms with Gasteiger partial charge >= 0.3 is 0 Å². The number of nitrogens with one attached hydrogen (secondary N) is 2. The van der Waals surface area contributed by atoms with Crippen molar-refractivity contribution in [2.45, 2.75) is 13.3 Å². The number of nitro groups is 1. The van der Waals surface area contributed by atoms with E-state index in [4.69, 9.17) is 11.6 Å². The SMILES string of the molecule is CCCNCC(=O)Nc1cc(Cl)ccc1[N+](=O)[O-]. The van der Waals surface area contributed by atoms with Crippen molar-refractivity contribution in [1.29, 1.82) is 0 Å². The number of nitrogens with zero attached hydrogens (tertiary/aromatic N) is 1. The Morgan fingerprint density at radius 1 is 1.50 bits per heavy atom. The molecule has 0 aliphatic carbocycles. The zero-order valence-electron chi connectivity index (χ0n) is 9.90. The van der Waals surface area contributed by atoms with Crippen molar-refractivity contribution >= 4 is 28.9 Å². The van der Waals surface area contributed by atoms with E-state index in [0.29, 0.717) is 11.6 Å². The van der Waals surface area contributed by atoms with Crippen molar-refractivity contribution in [1.82, 2.24) is 5.32 Å². The summed E-state index contributed by atoms with van der Waals surface area (Å²) >= 11 is 5.74. The van der Waals surface area contributed by atoms with Gasteiger partial charge in [0.05, 0.1) is 11.5 Å². The second-order valence-electron chi connectivity index (χ2n) is 3.64. The number of anilines is 1. The minimum absolute atomic E-state index is 0.107. The molecule has 18 heavy (non-hydrogen) atoms. The number of hydrogen-bond acceptors (Lipinski definition) is 4. The average Bonchev–Trinajstić information content (AvgIpc) is 2.29. The normalized spacial score (nSPS) is 10.1. The monoisotopic (exact) mass is 271 g/mol. The molecular formula is C11H14ClN3O3. The van der Waals surface area contributed by atoms with Crippen molar-refractivity contribution in [3.63, 3.8) is 0 Å². The number of halogens is 1. The number of carbonyl (C=O) groups excluding carboxylic acids is 1. The minimum atomic E-state index is -0.564. The van der Waals surface area contributed by atoms with Crippen molar-refractivity contribution in [3.8, 4) is 0 Å². The van der Waals surface area contributed by atoms with Crippen LogP contribution in [0, 0.1) is 10.1 Å². The highest BCUT2D eigenvalue weighted by molar-refractivity contribution is 6.31. The van der Waals surface area contributed by atoms with E-state index >= 15 is 0 Å². The Labute approximate surface area is 109 Å². The van der Waals surface area contributed by atoms with Gasteiger partial charge in [0.2, 0.25) is 5.91 Å². The summed E-state index contributed by atoms with van der Waals surface area (Å²) in [5.74, 6) is -0.339. The van der Waals surface area contributed by atoms with Crippen LogP contribution in [0.5, 0.6) is 0 Å². The predicted octanol–water partition coefficient (Wildman–Crippen LogP) is 2.19. The summed E-state index contributed by atoms with van der Waals surface area (Å²) in [6, 6.07) is 4.03. The van der Waals surface area contributed by atoms with Gasteiger partial charge in [-0.3, -0.25) is 14.9 Å². The first-order valence-corrected chi connectivity index (χ1v) is 5.87. The fraction of sp³-hybridized carbons (Fsp3) is 0.364. The quantitative estimate of drug-likeness (QED) is 0.472. The van der Waals surface area contributed by atoms with Crippen LogP contribution in [0.25, 0.3) is 0 Å². The Morgan fingerprint density at radius 3 is 2.83 bits per heavy atom. The Balaban J connectivity index is 2.73. The van der Waals surface area contributed by atoms with Crippen LogP contribution in [-0.4, -0.2) is 23.9 Å². The third-order valence-electron chi connectivity index (χ3n) is 2.14. The first-order chi connectivity index (χ1) is 8.54. The van der Waals surface area contributed by atoms with Crippen LogP contribution in [0.3, 0.4) is 0 Å². The summed E-state index contributed by atoms with van der Waals surface area (Å²) in [4.78, 5) is 21.7. The van der Waals surface area contributed by atoms with Gasteiger partial charge in [0.1, 0.15) is 5.69 Å². The second-order valence-corrected chi connectivity index (χ2v) is 4.08. The van der Waals surface area contributed by atoms with Crippen LogP contribution < -0.4 is 10.6 Å².